The predicted molar refractivity (Wildman–Crippen MR) is 100 cm³/mol. The number of allylic oxidation sites excluding steroid dienone is 1. The summed E-state index contributed by atoms with van der Waals surface area (Å²) in [5.74, 6) is -3.40. The van der Waals surface area contributed by atoms with Crippen molar-refractivity contribution in [3.63, 3.8) is 0 Å². The van der Waals surface area contributed by atoms with E-state index in [9.17, 15) is 5.11 Å². The summed E-state index contributed by atoms with van der Waals surface area (Å²) in [5, 5.41) is 28.2. The number of carbonyl (C=O) groups is 2. The maximum atomic E-state index is 9.28. The zero-order valence-electron chi connectivity index (χ0n) is 14.4. The van der Waals surface area contributed by atoms with Gasteiger partial charge in [-0.2, -0.15) is 0 Å². The second-order valence-electron chi connectivity index (χ2n) is 5.00. The van der Waals surface area contributed by atoms with Gasteiger partial charge in [0.1, 0.15) is 18.1 Å². The van der Waals surface area contributed by atoms with Gasteiger partial charge in [-0.15, -0.1) is 0 Å². The van der Waals surface area contributed by atoms with Crippen molar-refractivity contribution >= 4 is 23.7 Å². The predicted octanol–water partition coefficient (Wildman–Crippen LogP) is 1.94. The summed E-state index contributed by atoms with van der Waals surface area (Å²) in [4.78, 5) is 23.4. The first kappa shape index (κ1) is 21.4. The van der Waals surface area contributed by atoms with Gasteiger partial charge in [-0.3, -0.25) is 0 Å². The molecule has 0 aliphatic carbocycles. The molecule has 0 radical (unpaired) electrons. The molecule has 8 nitrogen and oxygen atoms in total. The zero-order chi connectivity index (χ0) is 20.1. The molecule has 5 N–H and O–H groups in total. The molecule has 0 saturated carbocycles. The van der Waals surface area contributed by atoms with Gasteiger partial charge in [0.2, 0.25) is 0 Å². The number of nitrogens with two attached hydrogens (primary N) is 1. The van der Waals surface area contributed by atoms with E-state index in [4.69, 9.17) is 30.4 Å². The number of carboxylic acids is 2. The van der Waals surface area contributed by atoms with Gasteiger partial charge in [-0.25, -0.2) is 9.59 Å². The normalized spacial score (nSPS) is 10.8. The van der Waals surface area contributed by atoms with Crippen LogP contribution in [0.1, 0.15) is 11.1 Å². The first-order chi connectivity index (χ1) is 12.9. The maximum absolute atomic E-state index is 9.28. The lowest BCUT2D eigenvalue weighted by molar-refractivity contribution is -0.159. The fourth-order valence-corrected chi connectivity index (χ4v) is 1.72. The average Bonchev–Trinajstić information content (AvgIpc) is 2.67. The Balaban J connectivity index is 0.000000527. The Labute approximate surface area is 155 Å². The highest BCUT2D eigenvalue weighted by atomic mass is 16.6. The zero-order valence-corrected chi connectivity index (χ0v) is 14.4. The number of nitrogens with zero attached hydrogens (tertiary/aromatic N) is 1. The molecule has 0 saturated heterocycles. The molecule has 0 atom stereocenters. The fourth-order valence-electron chi connectivity index (χ4n) is 1.72. The highest BCUT2D eigenvalue weighted by molar-refractivity contribution is 6.27. The van der Waals surface area contributed by atoms with E-state index in [0.717, 1.165) is 16.8 Å². The number of carboxylic acid groups (broad SMARTS) is 2. The van der Waals surface area contributed by atoms with E-state index in [1.165, 1.54) is 0 Å². The monoisotopic (exact) mass is 372 g/mol. The third-order valence-corrected chi connectivity index (χ3v) is 2.95. The van der Waals surface area contributed by atoms with Crippen molar-refractivity contribution in [3.05, 3.63) is 71.8 Å². The van der Waals surface area contributed by atoms with Gasteiger partial charge in [0.25, 0.3) is 0 Å². The Kier molecular flexibility index (Phi) is 9.37. The molecule has 2 aromatic rings. The van der Waals surface area contributed by atoms with Gasteiger partial charge in [0.05, 0.1) is 0 Å². The smallest absolute Gasteiger partial charge is 0.414 e. The van der Waals surface area contributed by atoms with E-state index in [2.05, 4.69) is 5.16 Å². The summed E-state index contributed by atoms with van der Waals surface area (Å²) in [6, 6.07) is 16.7. The van der Waals surface area contributed by atoms with Crippen LogP contribution in [0.5, 0.6) is 5.75 Å². The van der Waals surface area contributed by atoms with Crippen LogP contribution in [0.3, 0.4) is 0 Å². The Hall–Kier alpha value is -3.65. The van der Waals surface area contributed by atoms with Gasteiger partial charge in [0, 0.05) is 12.1 Å². The molecule has 0 aliphatic heterocycles. The van der Waals surface area contributed by atoms with Crippen LogP contribution < -0.4 is 5.73 Å². The number of phenolic OH excluding ortho intramolecular Hbond substituents is 1. The molecular weight excluding hydrogens is 352 g/mol. The van der Waals surface area contributed by atoms with Crippen molar-refractivity contribution < 1.29 is 29.7 Å². The van der Waals surface area contributed by atoms with Crippen molar-refractivity contribution in [2.75, 3.05) is 13.2 Å². The van der Waals surface area contributed by atoms with Crippen LogP contribution in [0.2, 0.25) is 0 Å². The molecule has 0 fully saturated rings. The van der Waals surface area contributed by atoms with Crippen LogP contribution in [0.25, 0.3) is 6.08 Å². The lowest BCUT2D eigenvalue weighted by Crippen LogP contribution is -2.09. The van der Waals surface area contributed by atoms with Crippen molar-refractivity contribution in [3.8, 4) is 5.75 Å². The van der Waals surface area contributed by atoms with Crippen LogP contribution in [0.15, 0.2) is 65.8 Å². The van der Waals surface area contributed by atoms with Crippen molar-refractivity contribution in [1.29, 1.82) is 0 Å². The molecule has 0 aromatic heterocycles. The summed E-state index contributed by atoms with van der Waals surface area (Å²) in [6.07, 6.45) is 3.79. The number of phenols is 1. The average molecular weight is 372 g/mol. The fraction of sp³-hybridized carbons (Fsp3) is 0.105. The SMILES string of the molecule is NCCON=C(/C=C/c1ccc(O)cc1)c1ccccc1.O=C(O)C(=O)O. The van der Waals surface area contributed by atoms with Gasteiger partial charge in [0.15, 0.2) is 0 Å². The summed E-state index contributed by atoms with van der Waals surface area (Å²) in [5.41, 5.74) is 8.05. The van der Waals surface area contributed by atoms with Gasteiger partial charge >= 0.3 is 11.9 Å². The molecule has 2 aromatic carbocycles. The third kappa shape index (κ3) is 8.84. The first-order valence-corrected chi connectivity index (χ1v) is 7.82. The minimum atomic E-state index is -1.82. The maximum Gasteiger partial charge on any atom is 0.414 e. The lowest BCUT2D eigenvalue weighted by atomic mass is 10.1. The Morgan fingerprint density at radius 3 is 2.11 bits per heavy atom. The Morgan fingerprint density at radius 2 is 1.59 bits per heavy atom. The molecule has 0 spiro atoms. The van der Waals surface area contributed by atoms with Crippen LogP contribution >= 0.6 is 0 Å². The lowest BCUT2D eigenvalue weighted by Gasteiger charge is -2.02. The molecule has 0 aliphatic rings. The molecular formula is C19H20N2O6. The molecule has 0 bridgehead atoms. The van der Waals surface area contributed by atoms with Crippen molar-refractivity contribution in [2.24, 2.45) is 10.9 Å². The number of rotatable bonds is 6. The minimum Gasteiger partial charge on any atom is -0.508 e. The molecule has 0 unspecified atom stereocenters. The van der Waals surface area contributed by atoms with Crippen LogP contribution in [0, 0.1) is 0 Å². The van der Waals surface area contributed by atoms with E-state index in [1.807, 2.05) is 54.6 Å². The standard InChI is InChI=1S/C17H18N2O2.C2H2O4/c18-12-13-21-19-17(15-4-2-1-3-5-15)11-8-14-6-9-16(20)10-7-14;3-1(4)2(5)6/h1-11,20H,12-13,18H2;(H,3,4)(H,5,6)/b11-8+,19-17?;. The summed E-state index contributed by atoms with van der Waals surface area (Å²) in [6.45, 7) is 0.802. The number of hydrogen-bond donors (Lipinski definition) is 4. The Morgan fingerprint density at radius 1 is 1.00 bits per heavy atom. The number of hydrogen-bond acceptors (Lipinski definition) is 6. The highest BCUT2D eigenvalue weighted by Gasteiger charge is 2.04. The number of oxime groups is 1. The second kappa shape index (κ2) is 11.8. The van der Waals surface area contributed by atoms with Crippen LogP contribution in [-0.2, 0) is 14.4 Å². The third-order valence-electron chi connectivity index (χ3n) is 2.95. The topological polar surface area (TPSA) is 142 Å². The highest BCUT2D eigenvalue weighted by Crippen LogP contribution is 2.12. The molecule has 142 valence electrons. The van der Waals surface area contributed by atoms with E-state index in [-0.39, 0.29) is 5.75 Å². The van der Waals surface area contributed by atoms with Crippen molar-refractivity contribution in [1.82, 2.24) is 0 Å². The molecule has 0 heterocycles. The molecule has 2 rings (SSSR count). The van der Waals surface area contributed by atoms with E-state index >= 15 is 0 Å². The Bertz CT molecular complexity index is 774. The summed E-state index contributed by atoms with van der Waals surface area (Å²) >= 11 is 0. The quantitative estimate of drug-likeness (QED) is 0.263. The summed E-state index contributed by atoms with van der Waals surface area (Å²) in [7, 11) is 0. The number of aromatic hydroxyl groups is 1. The van der Waals surface area contributed by atoms with Crippen molar-refractivity contribution in [2.45, 2.75) is 0 Å². The largest absolute Gasteiger partial charge is 0.508 e. The summed E-state index contributed by atoms with van der Waals surface area (Å²) < 4.78 is 0. The van der Waals surface area contributed by atoms with E-state index < -0.39 is 11.9 Å². The second-order valence-corrected chi connectivity index (χ2v) is 5.00. The van der Waals surface area contributed by atoms with Gasteiger partial charge < -0.3 is 25.9 Å². The van der Waals surface area contributed by atoms with Gasteiger partial charge in [-0.1, -0.05) is 53.7 Å². The minimum absolute atomic E-state index is 0.246. The molecule has 8 heteroatoms. The molecule has 27 heavy (non-hydrogen) atoms. The first-order valence-electron chi connectivity index (χ1n) is 7.82. The number of aliphatic carboxylic acids is 2. The number of benzene rings is 2. The van der Waals surface area contributed by atoms with Crippen LogP contribution in [0.4, 0.5) is 0 Å². The van der Waals surface area contributed by atoms with E-state index in [1.54, 1.807) is 12.1 Å². The van der Waals surface area contributed by atoms with E-state index in [0.29, 0.717) is 13.2 Å². The molecule has 0 amide bonds. The van der Waals surface area contributed by atoms with Gasteiger partial charge in [-0.05, 0) is 23.8 Å². The van der Waals surface area contributed by atoms with Crippen LogP contribution in [-0.4, -0.2) is 46.1 Å².